The number of aryl methyl sites for hydroxylation is 1. The number of hydrogen-bond donors (Lipinski definition) is 2. The number of anilines is 2. The molecule has 0 bridgehead atoms. The second-order valence-corrected chi connectivity index (χ2v) is 9.51. The number of aromatic nitrogens is 1. The van der Waals surface area contributed by atoms with E-state index in [0.717, 1.165) is 0 Å². The van der Waals surface area contributed by atoms with Crippen molar-refractivity contribution in [2.24, 2.45) is 5.92 Å². The van der Waals surface area contributed by atoms with Crippen molar-refractivity contribution in [1.29, 1.82) is 0 Å². The number of sulfonamides is 1. The molecule has 2 aromatic carbocycles. The zero-order valence-electron chi connectivity index (χ0n) is 20.9. The SMILES string of the molecule is CCOC(=O)C(C(=O)OCC)[C@H](Nc1ccc(S(=O)(=O)Nc2cc(C)on2)cc1)c1ccc(OC)cc1. The Kier molecular flexibility index (Phi) is 9.12. The summed E-state index contributed by atoms with van der Waals surface area (Å²) in [6.07, 6.45) is 0. The maximum atomic E-state index is 12.9. The molecular formula is C25H29N3O8S. The largest absolute Gasteiger partial charge is 0.497 e. The molecule has 0 radical (unpaired) electrons. The Hall–Kier alpha value is -4.06. The van der Waals surface area contributed by atoms with Gasteiger partial charge in [-0.1, -0.05) is 17.3 Å². The van der Waals surface area contributed by atoms with Gasteiger partial charge in [0.05, 0.1) is 31.3 Å². The van der Waals surface area contributed by atoms with E-state index in [9.17, 15) is 18.0 Å². The number of nitrogens with one attached hydrogen (secondary N) is 2. The third kappa shape index (κ3) is 7.00. The van der Waals surface area contributed by atoms with Gasteiger partial charge in [0.2, 0.25) is 0 Å². The van der Waals surface area contributed by atoms with Crippen LogP contribution < -0.4 is 14.8 Å². The summed E-state index contributed by atoms with van der Waals surface area (Å²) in [6.45, 7) is 5.08. The van der Waals surface area contributed by atoms with Gasteiger partial charge >= 0.3 is 11.9 Å². The van der Waals surface area contributed by atoms with Gasteiger partial charge in [0.15, 0.2) is 11.7 Å². The zero-order valence-corrected chi connectivity index (χ0v) is 21.7. The van der Waals surface area contributed by atoms with Crippen molar-refractivity contribution in [3.05, 3.63) is 65.9 Å². The molecule has 2 N–H and O–H groups in total. The number of nitrogens with zero attached hydrogens (tertiary/aromatic N) is 1. The molecule has 0 saturated carbocycles. The van der Waals surface area contributed by atoms with E-state index < -0.39 is 33.9 Å². The van der Waals surface area contributed by atoms with Gasteiger partial charge in [0.25, 0.3) is 10.0 Å². The molecule has 11 nitrogen and oxygen atoms in total. The number of methoxy groups -OCH3 is 1. The van der Waals surface area contributed by atoms with E-state index >= 15 is 0 Å². The molecule has 0 fully saturated rings. The monoisotopic (exact) mass is 531 g/mol. The molecule has 0 unspecified atom stereocenters. The Morgan fingerprint density at radius 1 is 0.973 bits per heavy atom. The van der Waals surface area contributed by atoms with Crippen LogP contribution in [-0.4, -0.2) is 45.8 Å². The molecule has 0 saturated heterocycles. The van der Waals surface area contributed by atoms with E-state index in [4.69, 9.17) is 18.7 Å². The molecule has 3 aromatic rings. The van der Waals surface area contributed by atoms with E-state index in [2.05, 4.69) is 15.2 Å². The summed E-state index contributed by atoms with van der Waals surface area (Å²) in [4.78, 5) is 25.7. The van der Waals surface area contributed by atoms with Crippen molar-refractivity contribution < 1.29 is 36.7 Å². The van der Waals surface area contributed by atoms with Gasteiger partial charge in [0.1, 0.15) is 11.5 Å². The number of carbonyl (C=O) groups excluding carboxylic acids is 2. The van der Waals surface area contributed by atoms with Crippen LogP contribution in [0.2, 0.25) is 0 Å². The molecule has 1 heterocycles. The van der Waals surface area contributed by atoms with E-state index in [1.807, 2.05) is 0 Å². The molecule has 37 heavy (non-hydrogen) atoms. The van der Waals surface area contributed by atoms with Gasteiger partial charge in [-0.2, -0.15) is 0 Å². The fourth-order valence-electron chi connectivity index (χ4n) is 3.52. The van der Waals surface area contributed by atoms with Crippen LogP contribution >= 0.6 is 0 Å². The number of carbonyl (C=O) groups is 2. The van der Waals surface area contributed by atoms with Crippen LogP contribution in [0.1, 0.15) is 31.2 Å². The van der Waals surface area contributed by atoms with E-state index in [-0.39, 0.29) is 23.9 Å². The highest BCUT2D eigenvalue weighted by Gasteiger charge is 2.38. The Labute approximate surface area is 215 Å². The minimum atomic E-state index is -3.93. The molecule has 0 spiro atoms. The third-order valence-corrected chi connectivity index (χ3v) is 6.61. The minimum absolute atomic E-state index is 0.0213. The summed E-state index contributed by atoms with van der Waals surface area (Å²) in [5.41, 5.74) is 1.04. The summed E-state index contributed by atoms with van der Waals surface area (Å²) in [7, 11) is -2.40. The Morgan fingerprint density at radius 3 is 2.05 bits per heavy atom. The van der Waals surface area contributed by atoms with Crippen LogP contribution in [0.4, 0.5) is 11.5 Å². The van der Waals surface area contributed by atoms with Gasteiger partial charge in [-0.05, 0) is 62.7 Å². The molecule has 1 aromatic heterocycles. The quantitative estimate of drug-likeness (QED) is 0.262. The van der Waals surface area contributed by atoms with Crippen molar-refractivity contribution in [3.8, 4) is 5.75 Å². The average Bonchev–Trinajstić information content (AvgIpc) is 3.28. The lowest BCUT2D eigenvalue weighted by Gasteiger charge is -2.27. The first-order valence-electron chi connectivity index (χ1n) is 11.5. The first-order chi connectivity index (χ1) is 17.7. The smallest absolute Gasteiger partial charge is 0.322 e. The summed E-state index contributed by atoms with van der Waals surface area (Å²) in [5, 5.41) is 6.80. The van der Waals surface area contributed by atoms with Crippen molar-refractivity contribution in [1.82, 2.24) is 5.16 Å². The minimum Gasteiger partial charge on any atom is -0.497 e. The third-order valence-electron chi connectivity index (χ3n) is 5.24. The molecule has 0 aliphatic heterocycles. The van der Waals surface area contributed by atoms with Crippen LogP contribution in [0.3, 0.4) is 0 Å². The summed E-state index contributed by atoms with van der Waals surface area (Å²) in [6, 6.07) is 13.2. The van der Waals surface area contributed by atoms with E-state index in [1.54, 1.807) is 45.0 Å². The standard InChI is InChI=1S/C25H29N3O8S/c1-5-34-24(29)22(25(30)35-6-2)23(17-7-11-19(33-4)12-8-17)26-18-9-13-20(14-10-18)37(31,32)28-21-15-16(3)36-27-21/h7-15,22-23,26H,5-6H2,1-4H3,(H,27,28)/t23-/m1/s1. The van der Waals surface area contributed by atoms with Crippen molar-refractivity contribution >= 4 is 33.5 Å². The molecule has 0 aliphatic rings. The van der Waals surface area contributed by atoms with E-state index in [0.29, 0.717) is 22.8 Å². The second-order valence-electron chi connectivity index (χ2n) is 7.83. The van der Waals surface area contributed by atoms with E-state index in [1.165, 1.54) is 37.4 Å². The summed E-state index contributed by atoms with van der Waals surface area (Å²) < 4.78 is 48.2. The predicted octanol–water partition coefficient (Wildman–Crippen LogP) is 3.69. The topological polar surface area (TPSA) is 146 Å². The van der Waals surface area contributed by atoms with Gasteiger partial charge in [-0.3, -0.25) is 14.3 Å². The zero-order chi connectivity index (χ0) is 27.0. The molecule has 0 amide bonds. The Morgan fingerprint density at radius 2 is 1.57 bits per heavy atom. The fraction of sp³-hybridized carbons (Fsp3) is 0.320. The van der Waals surface area contributed by atoms with Gasteiger partial charge in [-0.25, -0.2) is 8.42 Å². The van der Waals surface area contributed by atoms with Gasteiger partial charge in [-0.15, -0.1) is 0 Å². The van der Waals surface area contributed by atoms with Gasteiger partial charge < -0.3 is 24.1 Å². The lowest BCUT2D eigenvalue weighted by atomic mass is 9.92. The normalized spacial score (nSPS) is 12.0. The van der Waals surface area contributed by atoms with Crippen LogP contribution in [0.15, 0.2) is 64.0 Å². The molecule has 3 rings (SSSR count). The van der Waals surface area contributed by atoms with Gasteiger partial charge in [0, 0.05) is 11.8 Å². The second kappa shape index (κ2) is 12.3. The van der Waals surface area contributed by atoms with Crippen molar-refractivity contribution in [2.75, 3.05) is 30.4 Å². The molecule has 1 atom stereocenters. The maximum absolute atomic E-state index is 12.9. The summed E-state index contributed by atoms with van der Waals surface area (Å²) >= 11 is 0. The van der Waals surface area contributed by atoms with Crippen LogP contribution in [0.5, 0.6) is 5.75 Å². The lowest BCUT2D eigenvalue weighted by Crippen LogP contribution is -2.36. The number of rotatable bonds is 12. The molecule has 12 heteroatoms. The highest BCUT2D eigenvalue weighted by Crippen LogP contribution is 2.31. The molecular weight excluding hydrogens is 502 g/mol. The fourth-order valence-corrected chi connectivity index (χ4v) is 4.51. The highest BCUT2D eigenvalue weighted by atomic mass is 32.2. The van der Waals surface area contributed by atoms with Crippen LogP contribution in [0.25, 0.3) is 0 Å². The number of hydrogen-bond acceptors (Lipinski definition) is 10. The van der Waals surface area contributed by atoms with Crippen molar-refractivity contribution in [3.63, 3.8) is 0 Å². The van der Waals surface area contributed by atoms with Crippen molar-refractivity contribution in [2.45, 2.75) is 31.7 Å². The number of ether oxygens (including phenoxy) is 3. The lowest BCUT2D eigenvalue weighted by molar-refractivity contribution is -0.162. The first-order valence-corrected chi connectivity index (χ1v) is 13.0. The average molecular weight is 532 g/mol. The Bertz CT molecular complexity index is 1290. The first kappa shape index (κ1) is 27.5. The Balaban J connectivity index is 1.93. The van der Waals surface area contributed by atoms with Crippen LogP contribution in [0, 0.1) is 12.8 Å². The van der Waals surface area contributed by atoms with Crippen LogP contribution in [-0.2, 0) is 29.1 Å². The highest BCUT2D eigenvalue weighted by molar-refractivity contribution is 7.92. The maximum Gasteiger partial charge on any atom is 0.322 e. The number of benzene rings is 2. The summed E-state index contributed by atoms with van der Waals surface area (Å²) in [5.74, 6) is -1.71. The predicted molar refractivity (Wildman–Crippen MR) is 135 cm³/mol. The molecule has 198 valence electrons. The number of esters is 2. The molecule has 0 aliphatic carbocycles.